The number of nitrogens with zero attached hydrogens (tertiary/aromatic N) is 3. The number of phenols is 1. The Morgan fingerprint density at radius 3 is 1.80 bits per heavy atom. The summed E-state index contributed by atoms with van der Waals surface area (Å²) in [7, 11) is 0. The Labute approximate surface area is 234 Å². The first kappa shape index (κ1) is 28.7. The third-order valence-electron chi connectivity index (χ3n) is 6.42. The van der Waals surface area contributed by atoms with Crippen LogP contribution in [0.5, 0.6) is 11.5 Å². The molecule has 4 aromatic rings. The predicted octanol–water partition coefficient (Wildman–Crippen LogP) is 5.89. The minimum atomic E-state index is -0.994. The number of aliphatic hydroxyl groups is 1. The summed E-state index contributed by atoms with van der Waals surface area (Å²) in [5.41, 5.74) is 6.54. The molecule has 8 nitrogen and oxygen atoms in total. The smallest absolute Gasteiger partial charge is 0.305 e. The first-order valence-corrected chi connectivity index (χ1v) is 13.4. The number of aromatic hydroxyl groups is 1. The van der Waals surface area contributed by atoms with E-state index in [2.05, 4.69) is 12.1 Å². The Kier molecular flexibility index (Phi) is 9.11. The average molecular weight is 542 g/mol. The summed E-state index contributed by atoms with van der Waals surface area (Å²) >= 11 is 0. The van der Waals surface area contributed by atoms with Crippen molar-refractivity contribution in [1.29, 1.82) is 0 Å². The van der Waals surface area contributed by atoms with E-state index in [9.17, 15) is 15.0 Å². The normalized spacial score (nSPS) is 11.8. The van der Waals surface area contributed by atoms with Gasteiger partial charge in [-0.1, -0.05) is 54.4 Å². The van der Waals surface area contributed by atoms with E-state index in [0.29, 0.717) is 41.6 Å². The van der Waals surface area contributed by atoms with E-state index in [1.807, 2.05) is 58.9 Å². The van der Waals surface area contributed by atoms with Crippen LogP contribution in [0, 0.1) is 27.7 Å². The minimum Gasteiger partial charge on any atom is -0.507 e. The SMILES string of the molecule is CCCC(=O)OCC(O)COc1ccc(-c2nc(-c3ccc(C)cc3C)nc(-c3ccc(C)cc3C)n2)c(O)c1. The van der Waals surface area contributed by atoms with Crippen LogP contribution in [0.1, 0.15) is 42.0 Å². The molecule has 0 bridgehead atoms. The van der Waals surface area contributed by atoms with Gasteiger partial charge < -0.3 is 19.7 Å². The topological polar surface area (TPSA) is 115 Å². The van der Waals surface area contributed by atoms with Crippen molar-refractivity contribution >= 4 is 5.97 Å². The molecule has 3 aromatic carbocycles. The number of aryl methyl sites for hydroxylation is 4. The van der Waals surface area contributed by atoms with Crippen LogP contribution in [0.4, 0.5) is 0 Å². The molecule has 0 radical (unpaired) electrons. The molecule has 0 aliphatic heterocycles. The molecule has 0 fully saturated rings. The van der Waals surface area contributed by atoms with Gasteiger partial charge in [-0.25, -0.2) is 15.0 Å². The van der Waals surface area contributed by atoms with Crippen molar-refractivity contribution in [3.05, 3.63) is 76.9 Å². The number of phenolic OH excluding ortho intramolecular Hbond substituents is 1. The number of carbonyl (C=O) groups excluding carboxylic acids is 1. The molecule has 8 heteroatoms. The number of esters is 1. The zero-order chi connectivity index (χ0) is 28.8. The lowest BCUT2D eigenvalue weighted by molar-refractivity contribution is -0.147. The van der Waals surface area contributed by atoms with Crippen molar-refractivity contribution in [2.45, 2.75) is 53.6 Å². The fourth-order valence-corrected chi connectivity index (χ4v) is 4.36. The van der Waals surface area contributed by atoms with Crippen LogP contribution in [-0.4, -0.2) is 50.5 Å². The van der Waals surface area contributed by atoms with Crippen LogP contribution in [-0.2, 0) is 9.53 Å². The zero-order valence-electron chi connectivity index (χ0n) is 23.6. The van der Waals surface area contributed by atoms with E-state index in [-0.39, 0.29) is 24.9 Å². The number of benzene rings is 3. The second-order valence-electron chi connectivity index (χ2n) is 10.0. The summed E-state index contributed by atoms with van der Waals surface area (Å²) < 4.78 is 10.6. The van der Waals surface area contributed by atoms with Gasteiger partial charge in [-0.3, -0.25) is 4.79 Å². The second kappa shape index (κ2) is 12.7. The lowest BCUT2D eigenvalue weighted by Crippen LogP contribution is -2.25. The standard InChI is InChI=1S/C32H35N3O5/c1-6-7-29(38)40-18-23(36)17-39-24-10-13-27(28(37)16-24)32-34-30(25-11-8-19(2)14-21(25)4)33-31(35-32)26-12-9-20(3)15-22(26)5/h8-16,23,36-37H,6-7,17-18H2,1-5H3. The van der Waals surface area contributed by atoms with E-state index < -0.39 is 6.10 Å². The molecule has 4 rings (SSSR count). The quantitative estimate of drug-likeness (QED) is 0.239. The Hall–Kier alpha value is -4.30. The first-order valence-electron chi connectivity index (χ1n) is 13.4. The molecule has 40 heavy (non-hydrogen) atoms. The summed E-state index contributed by atoms with van der Waals surface area (Å²) in [6, 6.07) is 17.0. The number of rotatable bonds is 10. The molecule has 1 atom stereocenters. The van der Waals surface area contributed by atoms with Crippen LogP contribution >= 0.6 is 0 Å². The average Bonchev–Trinajstić information content (AvgIpc) is 2.90. The van der Waals surface area contributed by atoms with Crippen LogP contribution in [0.15, 0.2) is 54.6 Å². The predicted molar refractivity (Wildman–Crippen MR) is 154 cm³/mol. The monoisotopic (exact) mass is 541 g/mol. The van der Waals surface area contributed by atoms with Crippen LogP contribution < -0.4 is 4.74 Å². The first-order chi connectivity index (χ1) is 19.1. The number of hydrogen-bond donors (Lipinski definition) is 2. The third-order valence-corrected chi connectivity index (χ3v) is 6.42. The maximum absolute atomic E-state index is 11.5. The number of aliphatic hydroxyl groups excluding tert-OH is 1. The van der Waals surface area contributed by atoms with Gasteiger partial charge in [0.2, 0.25) is 0 Å². The highest BCUT2D eigenvalue weighted by molar-refractivity contribution is 5.72. The van der Waals surface area contributed by atoms with Gasteiger partial charge in [-0.2, -0.15) is 0 Å². The van der Waals surface area contributed by atoms with Gasteiger partial charge in [0.05, 0.1) is 5.56 Å². The van der Waals surface area contributed by atoms with Crippen LogP contribution in [0.25, 0.3) is 34.2 Å². The molecule has 0 saturated carbocycles. The number of aromatic nitrogens is 3. The van der Waals surface area contributed by atoms with E-state index in [0.717, 1.165) is 33.4 Å². The molecule has 1 unspecified atom stereocenters. The van der Waals surface area contributed by atoms with Gasteiger partial charge in [0.25, 0.3) is 0 Å². The Bertz CT molecular complexity index is 1450. The molecule has 1 aromatic heterocycles. The van der Waals surface area contributed by atoms with E-state index in [4.69, 9.17) is 24.4 Å². The summed E-state index contributed by atoms with van der Waals surface area (Å²) in [5.74, 6) is 1.26. The van der Waals surface area contributed by atoms with E-state index in [1.165, 1.54) is 6.07 Å². The molecule has 2 N–H and O–H groups in total. The summed E-state index contributed by atoms with van der Waals surface area (Å²) in [6.45, 7) is 9.74. The molecular formula is C32H35N3O5. The van der Waals surface area contributed by atoms with Crippen LogP contribution in [0.2, 0.25) is 0 Å². The van der Waals surface area contributed by atoms with Crippen molar-refractivity contribution in [3.8, 4) is 45.7 Å². The lowest BCUT2D eigenvalue weighted by atomic mass is 10.0. The Morgan fingerprint density at radius 2 is 1.30 bits per heavy atom. The molecule has 0 spiro atoms. The largest absolute Gasteiger partial charge is 0.507 e. The Balaban J connectivity index is 1.65. The maximum atomic E-state index is 11.5. The number of hydrogen-bond acceptors (Lipinski definition) is 8. The van der Waals surface area contributed by atoms with E-state index in [1.54, 1.807) is 12.1 Å². The molecular weight excluding hydrogens is 506 g/mol. The fraction of sp³-hybridized carbons (Fsp3) is 0.312. The van der Waals surface area contributed by atoms with Crippen molar-refractivity contribution in [3.63, 3.8) is 0 Å². The van der Waals surface area contributed by atoms with Crippen molar-refractivity contribution in [2.24, 2.45) is 0 Å². The van der Waals surface area contributed by atoms with E-state index >= 15 is 0 Å². The van der Waals surface area contributed by atoms with Gasteiger partial charge in [-0.05, 0) is 57.4 Å². The highest BCUT2D eigenvalue weighted by Crippen LogP contribution is 2.34. The van der Waals surface area contributed by atoms with Crippen molar-refractivity contribution < 1.29 is 24.5 Å². The number of carbonyl (C=O) groups is 1. The molecule has 0 amide bonds. The minimum absolute atomic E-state index is 0.0780. The van der Waals surface area contributed by atoms with Gasteiger partial charge in [0.15, 0.2) is 17.5 Å². The van der Waals surface area contributed by atoms with Crippen molar-refractivity contribution in [2.75, 3.05) is 13.2 Å². The Morgan fingerprint density at radius 1 is 0.775 bits per heavy atom. The second-order valence-corrected chi connectivity index (χ2v) is 10.0. The zero-order valence-corrected chi connectivity index (χ0v) is 23.6. The van der Waals surface area contributed by atoms with Gasteiger partial charge in [0, 0.05) is 23.6 Å². The maximum Gasteiger partial charge on any atom is 0.305 e. The van der Waals surface area contributed by atoms with Gasteiger partial charge in [0.1, 0.15) is 30.8 Å². The molecule has 0 aliphatic carbocycles. The molecule has 1 heterocycles. The highest BCUT2D eigenvalue weighted by Gasteiger charge is 2.18. The third kappa shape index (κ3) is 7.01. The summed E-state index contributed by atoms with van der Waals surface area (Å²) in [5, 5.41) is 21.0. The molecule has 0 saturated heterocycles. The molecule has 208 valence electrons. The molecule has 0 aliphatic rings. The summed E-state index contributed by atoms with van der Waals surface area (Å²) in [6.07, 6.45) is -0.0147. The number of ether oxygens (including phenoxy) is 2. The summed E-state index contributed by atoms with van der Waals surface area (Å²) in [4.78, 5) is 25.8. The van der Waals surface area contributed by atoms with Gasteiger partial charge >= 0.3 is 5.97 Å². The fourth-order valence-electron chi connectivity index (χ4n) is 4.36. The lowest BCUT2D eigenvalue weighted by Gasteiger charge is -2.14. The van der Waals surface area contributed by atoms with Gasteiger partial charge in [-0.15, -0.1) is 0 Å². The van der Waals surface area contributed by atoms with Crippen LogP contribution in [0.3, 0.4) is 0 Å². The van der Waals surface area contributed by atoms with Crippen molar-refractivity contribution in [1.82, 2.24) is 15.0 Å². The highest BCUT2D eigenvalue weighted by atomic mass is 16.5.